The van der Waals surface area contributed by atoms with Crippen molar-refractivity contribution in [2.75, 3.05) is 0 Å². The van der Waals surface area contributed by atoms with E-state index in [9.17, 15) is 0 Å². The zero-order valence-electron chi connectivity index (χ0n) is 19.1. The fourth-order valence-corrected chi connectivity index (χ4v) is 3.41. The van der Waals surface area contributed by atoms with Crippen LogP contribution < -0.4 is 0 Å². The molecule has 173 valence electrons. The van der Waals surface area contributed by atoms with Crippen molar-refractivity contribution in [3.8, 4) is 33.8 Å². The number of nitrogens with zero attached hydrogens (tertiary/aromatic N) is 2. The maximum absolute atomic E-state index is 8.56. The van der Waals surface area contributed by atoms with Crippen LogP contribution in [-0.2, 0) is 20.1 Å². The molecule has 2 unspecified atom stereocenters. The Hall–Kier alpha value is -2.69. The van der Waals surface area contributed by atoms with Crippen molar-refractivity contribution in [1.29, 1.82) is 0 Å². The van der Waals surface area contributed by atoms with Gasteiger partial charge in [-0.25, -0.2) is 0 Å². The van der Waals surface area contributed by atoms with E-state index in [1.165, 1.54) is 0 Å². The van der Waals surface area contributed by atoms with Crippen molar-refractivity contribution in [2.24, 2.45) is 0 Å². The van der Waals surface area contributed by atoms with Gasteiger partial charge in [0.15, 0.2) is 0 Å². The number of aryl methyl sites for hydroxylation is 1. The summed E-state index contributed by atoms with van der Waals surface area (Å²) in [6.45, 7) is 5.33. The molecule has 0 fully saturated rings. The van der Waals surface area contributed by atoms with Gasteiger partial charge in [0, 0.05) is 31.4 Å². The summed E-state index contributed by atoms with van der Waals surface area (Å²) < 4.78 is 0. The molecule has 0 bridgehead atoms. The van der Waals surface area contributed by atoms with E-state index in [0.717, 1.165) is 39.5 Å². The first kappa shape index (κ1) is 26.6. The minimum atomic E-state index is -0.375. The van der Waals surface area contributed by atoms with Crippen LogP contribution in [0, 0.1) is 13.0 Å². The van der Waals surface area contributed by atoms with E-state index in [4.69, 9.17) is 20.2 Å². The van der Waals surface area contributed by atoms with Crippen molar-refractivity contribution >= 4 is 0 Å². The van der Waals surface area contributed by atoms with Crippen molar-refractivity contribution in [1.82, 2.24) is 9.97 Å². The molecule has 0 aliphatic heterocycles. The van der Waals surface area contributed by atoms with E-state index in [-0.39, 0.29) is 32.3 Å². The molecule has 4 nitrogen and oxygen atoms in total. The van der Waals surface area contributed by atoms with Crippen molar-refractivity contribution in [2.45, 2.75) is 39.4 Å². The molecule has 0 aliphatic rings. The topological polar surface area (TPSA) is 66.2 Å². The summed E-state index contributed by atoms with van der Waals surface area (Å²) in [5.74, 6) is 0. The second-order valence-corrected chi connectivity index (χ2v) is 7.80. The number of aliphatic hydroxyl groups is 2. The van der Waals surface area contributed by atoms with Gasteiger partial charge in [0.1, 0.15) is 0 Å². The summed E-state index contributed by atoms with van der Waals surface area (Å²) in [6.07, 6.45) is -0.278. The Morgan fingerprint density at radius 1 is 0.697 bits per heavy atom. The largest absolute Gasteiger partial charge is 0.393 e. The van der Waals surface area contributed by atoms with Gasteiger partial charge in [-0.3, -0.25) is 9.97 Å². The summed E-state index contributed by atoms with van der Waals surface area (Å²) in [5.41, 5.74) is 6.66. The van der Waals surface area contributed by atoms with E-state index >= 15 is 0 Å². The summed E-state index contributed by atoms with van der Waals surface area (Å²) in [4.78, 5) is 9.91. The maximum atomic E-state index is 8.56. The first-order valence-corrected chi connectivity index (χ1v) is 10.8. The van der Waals surface area contributed by atoms with E-state index in [1.54, 1.807) is 13.8 Å². The Bertz CT molecular complexity index is 1100. The molecule has 1 heterocycles. The molecular formula is C28H29IrN2O2-. The number of aromatic nitrogens is 2. The number of hydrogen-bond donors (Lipinski definition) is 2. The van der Waals surface area contributed by atoms with Gasteiger partial charge in [0.05, 0.1) is 29.3 Å². The number of aliphatic hydroxyl groups excluding tert-OH is 2. The van der Waals surface area contributed by atoms with Crippen LogP contribution in [0.15, 0.2) is 84.9 Å². The molecule has 0 amide bonds. The van der Waals surface area contributed by atoms with Crippen LogP contribution in [0.4, 0.5) is 0 Å². The van der Waals surface area contributed by atoms with E-state index in [0.29, 0.717) is 6.42 Å². The van der Waals surface area contributed by atoms with Gasteiger partial charge in [-0.1, -0.05) is 60.7 Å². The molecule has 2 atom stereocenters. The molecule has 0 aliphatic carbocycles. The second-order valence-electron chi connectivity index (χ2n) is 7.80. The second kappa shape index (κ2) is 13.1. The molecule has 0 saturated carbocycles. The Morgan fingerprint density at radius 2 is 1.21 bits per heavy atom. The van der Waals surface area contributed by atoms with Gasteiger partial charge in [-0.2, -0.15) is 0 Å². The van der Waals surface area contributed by atoms with Crippen LogP contribution in [0.5, 0.6) is 0 Å². The third-order valence-electron chi connectivity index (χ3n) is 4.81. The van der Waals surface area contributed by atoms with Gasteiger partial charge >= 0.3 is 0 Å². The fourth-order valence-electron chi connectivity index (χ4n) is 3.41. The van der Waals surface area contributed by atoms with Crippen molar-refractivity contribution in [3.63, 3.8) is 0 Å². The Morgan fingerprint density at radius 3 is 1.67 bits per heavy atom. The SMILES string of the molecule is CC(O)CC(C)O.Cc1nc(-c2[c-]cccc2)c(-c2ccccc2)nc1-c1ccccc1.[Ir]. The third kappa shape index (κ3) is 7.69. The average molecular weight is 618 g/mol. The standard InChI is InChI=1S/C23H17N2.C5H12O2.Ir/c1-17-21(18-11-5-2-6-12-18)25-23(20-15-9-4-10-16-20)22(24-17)19-13-7-3-8-14-19;1-4(6)3-5(2)7;/h2-13,15-16H,1H3;4-7H,3H2,1-2H3;/q-1;;. The molecule has 4 aromatic rings. The first-order valence-electron chi connectivity index (χ1n) is 10.8. The van der Waals surface area contributed by atoms with Gasteiger partial charge in [-0.05, 0) is 32.8 Å². The molecular weight excluding hydrogens is 589 g/mol. The zero-order valence-corrected chi connectivity index (χ0v) is 21.5. The summed E-state index contributed by atoms with van der Waals surface area (Å²) in [6, 6.07) is 31.6. The minimum absolute atomic E-state index is 0. The Labute approximate surface area is 209 Å². The molecule has 1 radical (unpaired) electrons. The third-order valence-corrected chi connectivity index (χ3v) is 4.81. The van der Waals surface area contributed by atoms with Crippen LogP contribution in [0.1, 0.15) is 26.0 Å². The molecule has 33 heavy (non-hydrogen) atoms. The summed E-state index contributed by atoms with van der Waals surface area (Å²) >= 11 is 0. The molecule has 0 saturated heterocycles. The quantitative estimate of drug-likeness (QED) is 0.281. The predicted molar refractivity (Wildman–Crippen MR) is 130 cm³/mol. The van der Waals surface area contributed by atoms with Crippen LogP contribution in [0.3, 0.4) is 0 Å². The number of benzene rings is 3. The normalized spacial score (nSPS) is 12.0. The number of rotatable bonds is 5. The molecule has 0 spiro atoms. The average Bonchev–Trinajstić information content (AvgIpc) is 2.80. The molecule has 1 aromatic heterocycles. The van der Waals surface area contributed by atoms with Crippen LogP contribution in [-0.4, -0.2) is 32.4 Å². The van der Waals surface area contributed by atoms with Crippen molar-refractivity contribution < 1.29 is 30.3 Å². The van der Waals surface area contributed by atoms with E-state index < -0.39 is 0 Å². The molecule has 3 aromatic carbocycles. The summed E-state index contributed by atoms with van der Waals surface area (Å²) in [5, 5.41) is 17.1. The fraction of sp³-hybridized carbons (Fsp3) is 0.214. The maximum Gasteiger partial charge on any atom is 0.0902 e. The van der Waals surface area contributed by atoms with Gasteiger partial charge in [-0.15, -0.1) is 35.9 Å². The smallest absolute Gasteiger partial charge is 0.0902 e. The van der Waals surface area contributed by atoms with Crippen LogP contribution in [0.25, 0.3) is 33.8 Å². The minimum Gasteiger partial charge on any atom is -0.393 e. The van der Waals surface area contributed by atoms with Gasteiger partial charge < -0.3 is 10.2 Å². The molecule has 2 N–H and O–H groups in total. The Balaban J connectivity index is 0.000000423. The van der Waals surface area contributed by atoms with Crippen LogP contribution >= 0.6 is 0 Å². The molecule has 5 heteroatoms. The van der Waals surface area contributed by atoms with Crippen molar-refractivity contribution in [3.05, 3.63) is 96.7 Å². The first-order chi connectivity index (χ1) is 15.5. The Kier molecular flexibility index (Phi) is 10.6. The predicted octanol–water partition coefficient (Wildman–Crippen LogP) is 5.72. The van der Waals surface area contributed by atoms with Crippen LogP contribution in [0.2, 0.25) is 0 Å². The monoisotopic (exact) mass is 618 g/mol. The zero-order chi connectivity index (χ0) is 22.9. The molecule has 4 rings (SSSR count). The van der Waals surface area contributed by atoms with Gasteiger partial charge in [0.2, 0.25) is 0 Å². The van der Waals surface area contributed by atoms with E-state index in [2.05, 4.69) is 30.3 Å². The van der Waals surface area contributed by atoms with Gasteiger partial charge in [0.25, 0.3) is 0 Å². The van der Waals surface area contributed by atoms with E-state index in [1.807, 2.05) is 67.6 Å². The number of hydrogen-bond acceptors (Lipinski definition) is 4. The summed E-state index contributed by atoms with van der Waals surface area (Å²) in [7, 11) is 0.